The standard InChI is InChI=1S/C32H38N4O3.C13H15N3O3/c1-23(2)30(34(21-24-11-5-3-6-12-24)22-25-13-7-4-8-14-25)20-27-19-26(17-18-35(27)32(38)39)36-29-16-10-9-15-28(29)33-31(36)37;17-12-14-10-3-1-2-4-11(10)16(12)9-5-7-15(8-6-9)13(18)19/h3-16,23,26-27,30H,17-22H2,1-2H3,(H,33,37)(H,38,39);1-4,9H,5-8H2,(H,14,17)(H,18,19)/t26?,27?,30-;/m0./s1. The van der Waals surface area contributed by atoms with Crippen molar-refractivity contribution in [2.45, 2.75) is 83.2 Å². The van der Waals surface area contributed by atoms with E-state index >= 15 is 0 Å². The maximum Gasteiger partial charge on any atom is 0.407 e. The second-order valence-corrected chi connectivity index (χ2v) is 15.9. The van der Waals surface area contributed by atoms with Gasteiger partial charge >= 0.3 is 23.6 Å². The lowest BCUT2D eigenvalue weighted by Crippen LogP contribution is -2.51. The highest BCUT2D eigenvalue weighted by Gasteiger charge is 2.37. The van der Waals surface area contributed by atoms with Gasteiger partial charge in [-0.3, -0.25) is 14.0 Å². The third-order valence-corrected chi connectivity index (χ3v) is 11.9. The van der Waals surface area contributed by atoms with Gasteiger partial charge in [0.2, 0.25) is 0 Å². The maximum atomic E-state index is 13.0. The Morgan fingerprint density at radius 3 is 1.60 bits per heavy atom. The van der Waals surface area contributed by atoms with Gasteiger partial charge in [0.15, 0.2) is 0 Å². The van der Waals surface area contributed by atoms with Crippen molar-refractivity contribution in [3.05, 3.63) is 141 Å². The third kappa shape index (κ3) is 9.05. The number of hydrogen-bond acceptors (Lipinski definition) is 5. The number of imidazole rings is 2. The molecule has 4 aromatic carbocycles. The van der Waals surface area contributed by atoms with Crippen molar-refractivity contribution in [1.82, 2.24) is 33.8 Å². The molecule has 0 bridgehead atoms. The Morgan fingerprint density at radius 2 is 1.12 bits per heavy atom. The van der Waals surface area contributed by atoms with Crippen molar-refractivity contribution in [3.8, 4) is 0 Å². The van der Waals surface area contributed by atoms with Gasteiger partial charge in [0.25, 0.3) is 0 Å². The molecular formula is C45H53N7O6. The molecule has 2 saturated heterocycles. The van der Waals surface area contributed by atoms with Crippen molar-refractivity contribution >= 4 is 34.3 Å². The molecule has 6 aromatic rings. The molecule has 8 rings (SSSR count). The summed E-state index contributed by atoms with van der Waals surface area (Å²) in [5, 5.41) is 19.1. The lowest BCUT2D eigenvalue weighted by atomic mass is 9.87. The van der Waals surface area contributed by atoms with Crippen molar-refractivity contribution in [3.63, 3.8) is 0 Å². The zero-order valence-corrected chi connectivity index (χ0v) is 33.1. The highest BCUT2D eigenvalue weighted by Crippen LogP contribution is 2.34. The Bertz CT molecular complexity index is 2370. The summed E-state index contributed by atoms with van der Waals surface area (Å²) in [6, 6.07) is 36.2. The highest BCUT2D eigenvalue weighted by atomic mass is 16.4. The number of nitrogens with one attached hydrogen (secondary N) is 2. The molecule has 0 spiro atoms. The summed E-state index contributed by atoms with van der Waals surface area (Å²) in [4.78, 5) is 59.6. The molecule has 2 fully saturated rings. The summed E-state index contributed by atoms with van der Waals surface area (Å²) < 4.78 is 3.60. The number of aromatic amines is 2. The minimum atomic E-state index is -0.885. The van der Waals surface area contributed by atoms with Gasteiger partial charge < -0.3 is 30.0 Å². The van der Waals surface area contributed by atoms with E-state index < -0.39 is 12.2 Å². The zero-order chi connectivity index (χ0) is 40.8. The van der Waals surface area contributed by atoms with E-state index in [1.807, 2.05) is 65.2 Å². The fraction of sp³-hybridized carbons (Fsp3) is 0.378. The maximum absolute atomic E-state index is 13.0. The molecule has 2 unspecified atom stereocenters. The Balaban J connectivity index is 0.000000224. The van der Waals surface area contributed by atoms with E-state index in [2.05, 4.69) is 77.2 Å². The van der Waals surface area contributed by atoms with Crippen LogP contribution in [0.4, 0.5) is 9.59 Å². The number of amides is 2. The fourth-order valence-electron chi connectivity index (χ4n) is 8.98. The summed E-state index contributed by atoms with van der Waals surface area (Å²) in [6.45, 7) is 7.39. The van der Waals surface area contributed by atoms with Crippen LogP contribution in [0.15, 0.2) is 119 Å². The molecule has 2 aliphatic rings. The molecule has 2 aromatic heterocycles. The second kappa shape index (κ2) is 18.0. The van der Waals surface area contributed by atoms with E-state index in [1.54, 1.807) is 9.47 Å². The Hall–Kier alpha value is -6.08. The monoisotopic (exact) mass is 787 g/mol. The van der Waals surface area contributed by atoms with Gasteiger partial charge in [-0.1, -0.05) is 98.8 Å². The average molecular weight is 788 g/mol. The number of H-pyrrole nitrogens is 2. The van der Waals surface area contributed by atoms with Crippen LogP contribution in [0.5, 0.6) is 0 Å². The first-order valence-electron chi connectivity index (χ1n) is 20.2. The van der Waals surface area contributed by atoms with Gasteiger partial charge in [-0.05, 0) is 73.4 Å². The topological polar surface area (TPSA) is 160 Å². The Labute approximate surface area is 337 Å². The number of para-hydroxylation sites is 4. The van der Waals surface area contributed by atoms with Crippen LogP contribution in [0.25, 0.3) is 22.1 Å². The SMILES string of the molecule is CC(C)[C@H](CC1CC(n2c(=O)[nH]c3ccccc32)CCN1C(=O)O)N(Cc1ccccc1)Cc1ccccc1.O=C(O)N1CCC(n2c(=O)[nH]c3ccccc32)CC1. The number of benzene rings is 4. The molecule has 13 nitrogen and oxygen atoms in total. The number of aromatic nitrogens is 4. The third-order valence-electron chi connectivity index (χ3n) is 11.9. The molecule has 2 amide bonds. The number of likely N-dealkylation sites (tertiary alicyclic amines) is 2. The molecule has 0 saturated carbocycles. The lowest BCUT2D eigenvalue weighted by Gasteiger charge is -2.43. The van der Waals surface area contributed by atoms with Gasteiger partial charge in [-0.25, -0.2) is 19.2 Å². The van der Waals surface area contributed by atoms with E-state index in [0.29, 0.717) is 57.7 Å². The van der Waals surface area contributed by atoms with Crippen LogP contribution in [0.1, 0.15) is 69.2 Å². The lowest BCUT2D eigenvalue weighted by molar-refractivity contribution is 0.0535. The summed E-state index contributed by atoms with van der Waals surface area (Å²) >= 11 is 0. The number of nitrogens with zero attached hydrogens (tertiary/aromatic N) is 5. The quantitative estimate of drug-likeness (QED) is 0.110. The number of carbonyl (C=O) groups is 2. The minimum absolute atomic E-state index is 0.0567. The first-order chi connectivity index (χ1) is 28.1. The normalized spacial score (nSPS) is 18.1. The molecule has 58 heavy (non-hydrogen) atoms. The fourth-order valence-corrected chi connectivity index (χ4v) is 8.98. The summed E-state index contributed by atoms with van der Waals surface area (Å²) in [5.74, 6) is 0.309. The number of fused-ring (bicyclic) bond motifs is 2. The highest BCUT2D eigenvalue weighted by molar-refractivity contribution is 5.76. The van der Waals surface area contributed by atoms with Crippen LogP contribution in [0.2, 0.25) is 0 Å². The average Bonchev–Trinajstić information content (AvgIpc) is 3.75. The summed E-state index contributed by atoms with van der Waals surface area (Å²) in [5.41, 5.74) is 5.65. The second-order valence-electron chi connectivity index (χ2n) is 15.9. The van der Waals surface area contributed by atoms with E-state index in [1.165, 1.54) is 16.0 Å². The Morgan fingerprint density at radius 1 is 0.655 bits per heavy atom. The molecule has 0 radical (unpaired) electrons. The van der Waals surface area contributed by atoms with E-state index in [4.69, 9.17) is 5.11 Å². The molecule has 0 aliphatic carbocycles. The molecule has 4 heterocycles. The number of carboxylic acid groups (broad SMARTS) is 2. The van der Waals surface area contributed by atoms with E-state index in [-0.39, 0.29) is 35.5 Å². The number of piperidine rings is 2. The van der Waals surface area contributed by atoms with Crippen LogP contribution in [-0.2, 0) is 13.1 Å². The van der Waals surface area contributed by atoms with Crippen LogP contribution < -0.4 is 11.4 Å². The molecule has 2 aliphatic heterocycles. The van der Waals surface area contributed by atoms with Crippen LogP contribution >= 0.6 is 0 Å². The summed E-state index contributed by atoms with van der Waals surface area (Å²) in [6.07, 6.45) is 1.52. The molecule has 3 atom stereocenters. The van der Waals surface area contributed by atoms with Gasteiger partial charge in [0, 0.05) is 56.9 Å². The molecule has 13 heteroatoms. The largest absolute Gasteiger partial charge is 0.465 e. The first kappa shape index (κ1) is 40.1. The van der Waals surface area contributed by atoms with Crippen molar-refractivity contribution in [2.75, 3.05) is 19.6 Å². The van der Waals surface area contributed by atoms with Gasteiger partial charge in [-0.2, -0.15) is 0 Å². The van der Waals surface area contributed by atoms with Crippen LogP contribution in [-0.4, -0.2) is 87.9 Å². The van der Waals surface area contributed by atoms with Crippen molar-refractivity contribution in [2.24, 2.45) is 5.92 Å². The van der Waals surface area contributed by atoms with E-state index in [9.17, 15) is 24.3 Å². The van der Waals surface area contributed by atoms with Crippen molar-refractivity contribution in [1.29, 1.82) is 0 Å². The predicted octanol–water partition coefficient (Wildman–Crippen LogP) is 7.77. The predicted molar refractivity (Wildman–Crippen MR) is 225 cm³/mol. The number of rotatable bonds is 10. The minimum Gasteiger partial charge on any atom is -0.465 e. The van der Waals surface area contributed by atoms with Gasteiger partial charge in [0.05, 0.1) is 22.1 Å². The first-order valence-corrected chi connectivity index (χ1v) is 20.2. The van der Waals surface area contributed by atoms with Crippen molar-refractivity contribution < 1.29 is 19.8 Å². The zero-order valence-electron chi connectivity index (χ0n) is 33.1. The van der Waals surface area contributed by atoms with Gasteiger partial charge in [0.1, 0.15) is 0 Å². The smallest absolute Gasteiger partial charge is 0.407 e. The molecular weight excluding hydrogens is 735 g/mol. The van der Waals surface area contributed by atoms with Crippen LogP contribution in [0.3, 0.4) is 0 Å². The van der Waals surface area contributed by atoms with E-state index in [0.717, 1.165) is 35.2 Å². The molecule has 304 valence electrons. The van der Waals surface area contributed by atoms with Gasteiger partial charge in [-0.15, -0.1) is 0 Å². The Kier molecular flexibility index (Phi) is 12.5. The number of hydrogen-bond donors (Lipinski definition) is 4. The summed E-state index contributed by atoms with van der Waals surface area (Å²) in [7, 11) is 0. The van der Waals surface area contributed by atoms with Crippen LogP contribution in [0, 0.1) is 5.92 Å². The molecule has 4 N–H and O–H groups in total.